The fraction of sp³-hybridized carbons (Fsp3) is 0.500. The standard InChI is InChI=1S/C10H14BrClN2O/c1-6(5-15)7(2)14-10-9(11)3-8(12)4-13-10/h3-4,6-7,15H,5H2,1-2H3,(H,13,14). The van der Waals surface area contributed by atoms with Crippen LogP contribution >= 0.6 is 27.5 Å². The molecule has 0 aliphatic heterocycles. The van der Waals surface area contributed by atoms with Gasteiger partial charge in [-0.05, 0) is 34.8 Å². The normalized spacial score (nSPS) is 14.7. The Bertz CT molecular complexity index is 335. The molecule has 0 bridgehead atoms. The van der Waals surface area contributed by atoms with Gasteiger partial charge in [0.2, 0.25) is 0 Å². The van der Waals surface area contributed by atoms with E-state index in [1.807, 2.05) is 13.8 Å². The predicted octanol–water partition coefficient (Wildman–Crippen LogP) is 2.93. The average molecular weight is 294 g/mol. The van der Waals surface area contributed by atoms with Gasteiger partial charge >= 0.3 is 0 Å². The molecule has 2 unspecified atom stereocenters. The molecule has 15 heavy (non-hydrogen) atoms. The number of hydrogen-bond donors (Lipinski definition) is 2. The van der Waals surface area contributed by atoms with Crippen molar-refractivity contribution in [2.45, 2.75) is 19.9 Å². The lowest BCUT2D eigenvalue weighted by molar-refractivity contribution is 0.226. The number of pyridine rings is 1. The topological polar surface area (TPSA) is 45.1 Å². The minimum Gasteiger partial charge on any atom is -0.396 e. The van der Waals surface area contributed by atoms with Crippen molar-refractivity contribution in [2.24, 2.45) is 5.92 Å². The fourth-order valence-electron chi connectivity index (χ4n) is 1.04. The molecule has 0 saturated heterocycles. The van der Waals surface area contributed by atoms with Gasteiger partial charge in [0.05, 0.1) is 9.50 Å². The van der Waals surface area contributed by atoms with Crippen LogP contribution in [-0.4, -0.2) is 22.7 Å². The number of aliphatic hydroxyl groups is 1. The van der Waals surface area contributed by atoms with E-state index in [1.165, 1.54) is 0 Å². The molecule has 1 heterocycles. The molecule has 0 aliphatic carbocycles. The van der Waals surface area contributed by atoms with Gasteiger partial charge in [-0.15, -0.1) is 0 Å². The third kappa shape index (κ3) is 3.63. The third-order valence-electron chi connectivity index (χ3n) is 2.31. The molecule has 0 fully saturated rings. The first-order chi connectivity index (χ1) is 7.04. The highest BCUT2D eigenvalue weighted by molar-refractivity contribution is 9.10. The Morgan fingerprint density at radius 1 is 1.60 bits per heavy atom. The molecule has 1 aromatic heterocycles. The summed E-state index contributed by atoms with van der Waals surface area (Å²) in [4.78, 5) is 4.16. The van der Waals surface area contributed by atoms with Crippen LogP contribution in [0.2, 0.25) is 5.02 Å². The monoisotopic (exact) mass is 292 g/mol. The lowest BCUT2D eigenvalue weighted by Gasteiger charge is -2.20. The summed E-state index contributed by atoms with van der Waals surface area (Å²) in [5.74, 6) is 0.918. The van der Waals surface area contributed by atoms with Crippen molar-refractivity contribution in [3.05, 3.63) is 21.8 Å². The predicted molar refractivity (Wildman–Crippen MR) is 66.3 cm³/mol. The molecular formula is C10H14BrClN2O. The van der Waals surface area contributed by atoms with Gasteiger partial charge in [-0.2, -0.15) is 0 Å². The quantitative estimate of drug-likeness (QED) is 0.897. The van der Waals surface area contributed by atoms with Crippen molar-refractivity contribution in [3.8, 4) is 0 Å². The number of aliphatic hydroxyl groups excluding tert-OH is 1. The Morgan fingerprint density at radius 2 is 2.27 bits per heavy atom. The van der Waals surface area contributed by atoms with Gasteiger partial charge in [-0.25, -0.2) is 4.98 Å². The first kappa shape index (κ1) is 12.7. The van der Waals surface area contributed by atoms with Gasteiger partial charge < -0.3 is 10.4 Å². The van der Waals surface area contributed by atoms with Crippen LogP contribution in [0.4, 0.5) is 5.82 Å². The third-order valence-corrected chi connectivity index (χ3v) is 3.12. The summed E-state index contributed by atoms with van der Waals surface area (Å²) >= 11 is 9.16. The molecule has 1 aromatic rings. The van der Waals surface area contributed by atoms with Gasteiger partial charge in [0.15, 0.2) is 0 Å². The SMILES string of the molecule is CC(CO)C(C)Nc1ncc(Cl)cc1Br. The Kier molecular flexibility index (Phi) is 4.83. The van der Waals surface area contributed by atoms with Crippen LogP contribution in [0.5, 0.6) is 0 Å². The van der Waals surface area contributed by atoms with Crippen molar-refractivity contribution in [3.63, 3.8) is 0 Å². The molecule has 0 aliphatic rings. The summed E-state index contributed by atoms with van der Waals surface area (Å²) in [7, 11) is 0. The Labute approximate surface area is 103 Å². The van der Waals surface area contributed by atoms with E-state index in [0.29, 0.717) is 5.02 Å². The number of aromatic nitrogens is 1. The second-order valence-corrected chi connectivity index (χ2v) is 4.87. The van der Waals surface area contributed by atoms with Crippen LogP contribution in [0.15, 0.2) is 16.7 Å². The maximum atomic E-state index is 9.00. The van der Waals surface area contributed by atoms with E-state index in [4.69, 9.17) is 16.7 Å². The van der Waals surface area contributed by atoms with Crippen molar-refractivity contribution < 1.29 is 5.11 Å². The van der Waals surface area contributed by atoms with E-state index in [2.05, 4.69) is 26.2 Å². The van der Waals surface area contributed by atoms with Gasteiger partial charge in [-0.3, -0.25) is 0 Å². The van der Waals surface area contributed by atoms with Crippen LogP contribution in [0, 0.1) is 5.92 Å². The summed E-state index contributed by atoms with van der Waals surface area (Å²) in [6.07, 6.45) is 1.59. The maximum absolute atomic E-state index is 9.00. The highest BCUT2D eigenvalue weighted by Gasteiger charge is 2.12. The summed E-state index contributed by atoms with van der Waals surface area (Å²) in [6, 6.07) is 1.94. The largest absolute Gasteiger partial charge is 0.396 e. The van der Waals surface area contributed by atoms with E-state index in [1.54, 1.807) is 12.3 Å². The van der Waals surface area contributed by atoms with E-state index < -0.39 is 0 Å². The molecule has 0 spiro atoms. The molecule has 0 aromatic carbocycles. The first-order valence-electron chi connectivity index (χ1n) is 4.73. The van der Waals surface area contributed by atoms with Crippen molar-refractivity contribution in [1.29, 1.82) is 0 Å². The van der Waals surface area contributed by atoms with Gasteiger partial charge in [0, 0.05) is 18.8 Å². The Hall–Kier alpha value is -0.320. The number of halogens is 2. The van der Waals surface area contributed by atoms with Crippen LogP contribution < -0.4 is 5.32 Å². The highest BCUT2D eigenvalue weighted by atomic mass is 79.9. The van der Waals surface area contributed by atoms with E-state index >= 15 is 0 Å². The number of rotatable bonds is 4. The summed E-state index contributed by atoms with van der Waals surface area (Å²) in [5.41, 5.74) is 0. The van der Waals surface area contributed by atoms with Crippen molar-refractivity contribution in [1.82, 2.24) is 4.98 Å². The maximum Gasteiger partial charge on any atom is 0.140 e. The molecule has 2 atom stereocenters. The zero-order valence-corrected chi connectivity index (χ0v) is 11.0. The smallest absolute Gasteiger partial charge is 0.140 e. The van der Waals surface area contributed by atoms with E-state index in [-0.39, 0.29) is 18.6 Å². The van der Waals surface area contributed by atoms with Crippen LogP contribution in [0.1, 0.15) is 13.8 Å². The minimum atomic E-state index is 0.152. The zero-order valence-electron chi connectivity index (χ0n) is 8.67. The molecule has 84 valence electrons. The van der Waals surface area contributed by atoms with Crippen LogP contribution in [0.25, 0.3) is 0 Å². The molecule has 1 rings (SSSR count). The lowest BCUT2D eigenvalue weighted by Crippen LogP contribution is -2.26. The van der Waals surface area contributed by atoms with Gasteiger partial charge in [0.1, 0.15) is 5.82 Å². The van der Waals surface area contributed by atoms with E-state index in [9.17, 15) is 0 Å². The summed E-state index contributed by atoms with van der Waals surface area (Å²) in [6.45, 7) is 4.13. The fourth-order valence-corrected chi connectivity index (χ4v) is 1.79. The average Bonchev–Trinajstić information content (AvgIpc) is 2.20. The molecule has 0 amide bonds. The second kappa shape index (κ2) is 5.68. The van der Waals surface area contributed by atoms with Gasteiger partial charge in [0.25, 0.3) is 0 Å². The summed E-state index contributed by atoms with van der Waals surface area (Å²) in [5, 5.41) is 12.8. The molecule has 0 saturated carbocycles. The van der Waals surface area contributed by atoms with Crippen molar-refractivity contribution in [2.75, 3.05) is 11.9 Å². The van der Waals surface area contributed by atoms with Crippen molar-refractivity contribution >= 4 is 33.3 Å². The van der Waals surface area contributed by atoms with Crippen LogP contribution in [-0.2, 0) is 0 Å². The molecular weight excluding hydrogens is 279 g/mol. The Morgan fingerprint density at radius 3 is 2.80 bits per heavy atom. The van der Waals surface area contributed by atoms with E-state index in [0.717, 1.165) is 10.3 Å². The number of anilines is 1. The molecule has 3 nitrogen and oxygen atoms in total. The van der Waals surface area contributed by atoms with Gasteiger partial charge in [-0.1, -0.05) is 18.5 Å². The number of nitrogens with zero attached hydrogens (tertiary/aromatic N) is 1. The minimum absolute atomic E-state index is 0.152. The zero-order chi connectivity index (χ0) is 11.4. The first-order valence-corrected chi connectivity index (χ1v) is 5.90. The number of hydrogen-bond acceptors (Lipinski definition) is 3. The molecule has 5 heteroatoms. The second-order valence-electron chi connectivity index (χ2n) is 3.58. The molecule has 0 radical (unpaired) electrons. The van der Waals surface area contributed by atoms with Crippen LogP contribution in [0.3, 0.4) is 0 Å². The number of nitrogens with one attached hydrogen (secondary N) is 1. The Balaban J connectivity index is 2.72. The highest BCUT2D eigenvalue weighted by Crippen LogP contribution is 2.24. The lowest BCUT2D eigenvalue weighted by atomic mass is 10.1. The summed E-state index contributed by atoms with van der Waals surface area (Å²) < 4.78 is 0.826. The molecule has 2 N–H and O–H groups in total.